The van der Waals surface area contributed by atoms with Crippen molar-refractivity contribution in [3.8, 4) is 0 Å². The van der Waals surface area contributed by atoms with Crippen molar-refractivity contribution in [3.05, 3.63) is 0 Å². The van der Waals surface area contributed by atoms with Gasteiger partial charge in [0.25, 0.3) is 11.8 Å². The highest BCUT2D eigenvalue weighted by molar-refractivity contribution is 5.98. The molecule has 2 unspecified atom stereocenters. The van der Waals surface area contributed by atoms with E-state index in [2.05, 4.69) is 12.2 Å². The first kappa shape index (κ1) is 14.5. The predicted molar refractivity (Wildman–Crippen MR) is 71.6 cm³/mol. The Morgan fingerprint density at radius 1 is 1.26 bits per heavy atom. The second-order valence-corrected chi connectivity index (χ2v) is 5.47. The maximum atomic E-state index is 11.6. The average molecular weight is 268 g/mol. The zero-order valence-corrected chi connectivity index (χ0v) is 11.7. The lowest BCUT2D eigenvalue weighted by Gasteiger charge is -2.27. The van der Waals surface area contributed by atoms with Crippen molar-refractivity contribution in [2.24, 2.45) is 5.92 Å². The fourth-order valence-corrected chi connectivity index (χ4v) is 3.05. The number of amides is 2. The van der Waals surface area contributed by atoms with Crippen LogP contribution in [-0.4, -0.2) is 49.1 Å². The number of carbonyl (C=O) groups excluding carboxylic acids is 2. The average Bonchev–Trinajstić information content (AvgIpc) is 2.83. The zero-order valence-electron chi connectivity index (χ0n) is 11.7. The minimum atomic E-state index is -0.188. The number of imide groups is 1. The Labute approximate surface area is 114 Å². The summed E-state index contributed by atoms with van der Waals surface area (Å²) in [5.74, 6) is 0.217. The number of rotatable bonds is 6. The Morgan fingerprint density at radius 3 is 2.68 bits per heavy atom. The summed E-state index contributed by atoms with van der Waals surface area (Å²) in [5, 5.41) is 3.58. The van der Waals surface area contributed by atoms with Crippen LogP contribution in [0.1, 0.15) is 39.0 Å². The Hall–Kier alpha value is -0.940. The van der Waals surface area contributed by atoms with Gasteiger partial charge in [-0.2, -0.15) is 0 Å². The lowest BCUT2D eigenvalue weighted by atomic mass is 9.99. The first-order valence-corrected chi connectivity index (χ1v) is 7.36. The van der Waals surface area contributed by atoms with Crippen LogP contribution in [0.5, 0.6) is 0 Å². The zero-order chi connectivity index (χ0) is 13.7. The molecule has 1 aliphatic heterocycles. The predicted octanol–water partition coefficient (Wildman–Crippen LogP) is 0.930. The molecule has 2 amide bonds. The van der Waals surface area contributed by atoms with Gasteiger partial charge in [0, 0.05) is 12.6 Å². The Balaban J connectivity index is 1.80. The molecule has 1 N–H and O–H groups in total. The summed E-state index contributed by atoms with van der Waals surface area (Å²) in [7, 11) is 0. The quantitative estimate of drug-likeness (QED) is 0.728. The molecule has 2 atom stereocenters. The van der Waals surface area contributed by atoms with Gasteiger partial charge in [-0.1, -0.05) is 13.3 Å². The number of morpholine rings is 1. The molecule has 2 aliphatic rings. The van der Waals surface area contributed by atoms with Gasteiger partial charge in [0.1, 0.15) is 13.2 Å². The number of carbonyl (C=O) groups is 2. The fourth-order valence-electron chi connectivity index (χ4n) is 3.05. The minimum absolute atomic E-state index is 0.0495. The highest BCUT2D eigenvalue weighted by Gasteiger charge is 2.30. The molecule has 19 heavy (non-hydrogen) atoms. The minimum Gasteiger partial charge on any atom is -0.362 e. The van der Waals surface area contributed by atoms with Gasteiger partial charge in [-0.3, -0.25) is 14.5 Å². The van der Waals surface area contributed by atoms with Crippen LogP contribution in [0.3, 0.4) is 0 Å². The van der Waals surface area contributed by atoms with E-state index >= 15 is 0 Å². The number of ether oxygens (including phenoxy) is 1. The number of nitrogens with zero attached hydrogens (tertiary/aromatic N) is 1. The second kappa shape index (κ2) is 7.01. The summed E-state index contributed by atoms with van der Waals surface area (Å²) >= 11 is 0. The molecule has 1 heterocycles. The topological polar surface area (TPSA) is 58.6 Å². The normalized spacial score (nSPS) is 28.2. The molecule has 0 aromatic carbocycles. The molecule has 5 nitrogen and oxygen atoms in total. The van der Waals surface area contributed by atoms with Crippen LogP contribution in [0.2, 0.25) is 0 Å². The summed E-state index contributed by atoms with van der Waals surface area (Å²) < 4.78 is 4.92. The molecule has 5 heteroatoms. The number of hydrogen-bond acceptors (Lipinski definition) is 4. The van der Waals surface area contributed by atoms with E-state index in [1.54, 1.807) is 0 Å². The van der Waals surface area contributed by atoms with Gasteiger partial charge in [-0.15, -0.1) is 0 Å². The Kier molecular flexibility index (Phi) is 5.34. The molecule has 1 saturated heterocycles. The summed E-state index contributed by atoms with van der Waals surface area (Å²) in [6.07, 6.45) is 5.73. The van der Waals surface area contributed by atoms with Gasteiger partial charge < -0.3 is 10.1 Å². The first-order chi connectivity index (χ1) is 9.22. The Bertz CT molecular complexity index is 317. The monoisotopic (exact) mass is 268 g/mol. The Morgan fingerprint density at radius 2 is 2.00 bits per heavy atom. The molecule has 0 spiro atoms. The van der Waals surface area contributed by atoms with Crippen molar-refractivity contribution in [1.82, 2.24) is 10.2 Å². The number of hydrogen-bond donors (Lipinski definition) is 1. The van der Waals surface area contributed by atoms with E-state index in [4.69, 9.17) is 4.74 Å². The van der Waals surface area contributed by atoms with Gasteiger partial charge in [-0.05, 0) is 38.1 Å². The van der Waals surface area contributed by atoms with Crippen molar-refractivity contribution in [3.63, 3.8) is 0 Å². The van der Waals surface area contributed by atoms with Crippen molar-refractivity contribution >= 4 is 11.8 Å². The summed E-state index contributed by atoms with van der Waals surface area (Å²) in [4.78, 5) is 24.6. The van der Waals surface area contributed by atoms with Crippen LogP contribution in [0.25, 0.3) is 0 Å². The molecule has 1 aliphatic carbocycles. The van der Waals surface area contributed by atoms with E-state index in [-0.39, 0.29) is 25.0 Å². The van der Waals surface area contributed by atoms with Crippen molar-refractivity contribution < 1.29 is 14.3 Å². The third kappa shape index (κ3) is 3.76. The molecule has 0 radical (unpaired) electrons. The molecular formula is C14H24N2O3. The number of nitrogens with one attached hydrogen (secondary N) is 1. The van der Waals surface area contributed by atoms with E-state index in [0.29, 0.717) is 18.5 Å². The standard InChI is InChI=1S/C14H24N2O3/c1-2-7-15-12-5-3-4-11(12)6-8-16-13(17)9-19-10-14(16)18/h11-12,15H,2-10H2,1H3. The summed E-state index contributed by atoms with van der Waals surface area (Å²) in [5.41, 5.74) is 0. The van der Waals surface area contributed by atoms with Crippen LogP contribution in [-0.2, 0) is 14.3 Å². The van der Waals surface area contributed by atoms with Crippen LogP contribution in [0, 0.1) is 5.92 Å². The van der Waals surface area contributed by atoms with Gasteiger partial charge in [0.15, 0.2) is 0 Å². The third-order valence-electron chi connectivity index (χ3n) is 4.09. The first-order valence-electron chi connectivity index (χ1n) is 7.36. The van der Waals surface area contributed by atoms with Gasteiger partial charge in [0.05, 0.1) is 0 Å². The van der Waals surface area contributed by atoms with Crippen LogP contribution in [0.15, 0.2) is 0 Å². The molecular weight excluding hydrogens is 244 g/mol. The largest absolute Gasteiger partial charge is 0.362 e. The van der Waals surface area contributed by atoms with Gasteiger partial charge in [-0.25, -0.2) is 0 Å². The van der Waals surface area contributed by atoms with Gasteiger partial charge in [0.2, 0.25) is 0 Å². The van der Waals surface area contributed by atoms with E-state index in [0.717, 1.165) is 19.4 Å². The van der Waals surface area contributed by atoms with Crippen molar-refractivity contribution in [1.29, 1.82) is 0 Å². The fraction of sp³-hybridized carbons (Fsp3) is 0.857. The lowest BCUT2D eigenvalue weighted by Crippen LogP contribution is -2.47. The summed E-state index contributed by atoms with van der Waals surface area (Å²) in [6.45, 7) is 3.87. The lowest BCUT2D eigenvalue weighted by molar-refractivity contribution is -0.158. The molecule has 1 saturated carbocycles. The summed E-state index contributed by atoms with van der Waals surface area (Å²) in [6, 6.07) is 0.561. The van der Waals surface area contributed by atoms with E-state index in [9.17, 15) is 9.59 Å². The molecule has 0 aromatic rings. The SMILES string of the molecule is CCCNC1CCCC1CCN1C(=O)COCC1=O. The van der Waals surface area contributed by atoms with E-state index in [1.807, 2.05) is 0 Å². The van der Waals surface area contributed by atoms with Crippen LogP contribution >= 0.6 is 0 Å². The van der Waals surface area contributed by atoms with Crippen LogP contribution in [0.4, 0.5) is 0 Å². The van der Waals surface area contributed by atoms with E-state index in [1.165, 1.54) is 24.2 Å². The maximum Gasteiger partial charge on any atom is 0.255 e. The van der Waals surface area contributed by atoms with Crippen molar-refractivity contribution in [2.45, 2.75) is 45.1 Å². The molecule has 0 aromatic heterocycles. The smallest absolute Gasteiger partial charge is 0.255 e. The molecule has 2 fully saturated rings. The second-order valence-electron chi connectivity index (χ2n) is 5.47. The molecule has 0 bridgehead atoms. The van der Waals surface area contributed by atoms with Gasteiger partial charge >= 0.3 is 0 Å². The highest BCUT2D eigenvalue weighted by Crippen LogP contribution is 2.28. The maximum absolute atomic E-state index is 11.6. The van der Waals surface area contributed by atoms with E-state index < -0.39 is 0 Å². The molecule has 2 rings (SSSR count). The third-order valence-corrected chi connectivity index (χ3v) is 4.09. The highest BCUT2D eigenvalue weighted by atomic mass is 16.5. The van der Waals surface area contributed by atoms with Crippen LogP contribution < -0.4 is 5.32 Å². The van der Waals surface area contributed by atoms with Crippen molar-refractivity contribution in [2.75, 3.05) is 26.3 Å². The molecule has 108 valence electrons.